The molecule has 1 aliphatic rings. The summed E-state index contributed by atoms with van der Waals surface area (Å²) in [5, 5.41) is 0. The van der Waals surface area contributed by atoms with Crippen molar-refractivity contribution >= 4 is 12.4 Å². The lowest BCUT2D eigenvalue weighted by Crippen LogP contribution is -2.37. The van der Waals surface area contributed by atoms with Crippen molar-refractivity contribution in [1.29, 1.82) is 0 Å². The highest BCUT2D eigenvalue weighted by atomic mass is 16.6. The van der Waals surface area contributed by atoms with Gasteiger partial charge < -0.3 is 14.4 Å². The number of ether oxygens (including phenoxy) is 1. The standard InChI is InChI=1S/C18H25NO3/c1-17(2,3)22-16(21)19-12-11-18(13-19,14-20)10-9-15-7-5-4-6-8-15/h4-8,14H,9-13H2,1-3H3. The number of rotatable bonds is 4. The number of likely N-dealkylation sites (tertiary alicyclic amines) is 1. The molecule has 1 unspecified atom stereocenters. The Morgan fingerprint density at radius 3 is 2.59 bits per heavy atom. The number of benzene rings is 1. The van der Waals surface area contributed by atoms with Gasteiger partial charge in [-0.3, -0.25) is 0 Å². The van der Waals surface area contributed by atoms with Gasteiger partial charge in [0.05, 0.1) is 0 Å². The topological polar surface area (TPSA) is 46.6 Å². The second-order valence-electron chi connectivity index (χ2n) is 7.12. The fourth-order valence-corrected chi connectivity index (χ4v) is 2.78. The molecule has 2 rings (SSSR count). The molecule has 0 spiro atoms. The van der Waals surface area contributed by atoms with Crippen molar-refractivity contribution in [3.8, 4) is 0 Å². The molecule has 0 aromatic heterocycles. The molecule has 0 saturated carbocycles. The second-order valence-corrected chi connectivity index (χ2v) is 7.12. The van der Waals surface area contributed by atoms with Gasteiger partial charge in [0, 0.05) is 18.5 Å². The Hall–Kier alpha value is -1.84. The molecule has 0 N–H and O–H groups in total. The summed E-state index contributed by atoms with van der Waals surface area (Å²) in [6, 6.07) is 10.1. The van der Waals surface area contributed by atoms with E-state index in [1.165, 1.54) is 5.56 Å². The van der Waals surface area contributed by atoms with E-state index in [1.54, 1.807) is 4.90 Å². The highest BCUT2D eigenvalue weighted by Crippen LogP contribution is 2.34. The molecule has 1 aromatic rings. The third-order valence-corrected chi connectivity index (χ3v) is 4.04. The van der Waals surface area contributed by atoms with Crippen LogP contribution in [0.3, 0.4) is 0 Å². The quantitative estimate of drug-likeness (QED) is 0.800. The van der Waals surface area contributed by atoms with Crippen LogP contribution in [0.5, 0.6) is 0 Å². The van der Waals surface area contributed by atoms with Crippen LogP contribution in [0.25, 0.3) is 0 Å². The average molecular weight is 303 g/mol. The van der Waals surface area contributed by atoms with E-state index < -0.39 is 11.0 Å². The van der Waals surface area contributed by atoms with Gasteiger partial charge in [0.1, 0.15) is 11.9 Å². The Morgan fingerprint density at radius 2 is 2.00 bits per heavy atom. The first-order chi connectivity index (χ1) is 10.3. The molecule has 4 nitrogen and oxygen atoms in total. The Kier molecular flexibility index (Phi) is 4.89. The summed E-state index contributed by atoms with van der Waals surface area (Å²) < 4.78 is 5.39. The van der Waals surface area contributed by atoms with Crippen LogP contribution in [-0.2, 0) is 16.0 Å². The minimum atomic E-state index is -0.506. The van der Waals surface area contributed by atoms with Gasteiger partial charge in [-0.2, -0.15) is 0 Å². The van der Waals surface area contributed by atoms with E-state index in [4.69, 9.17) is 4.74 Å². The lowest BCUT2D eigenvalue weighted by molar-refractivity contribution is -0.115. The average Bonchev–Trinajstić information content (AvgIpc) is 2.90. The Morgan fingerprint density at radius 1 is 1.32 bits per heavy atom. The zero-order valence-electron chi connectivity index (χ0n) is 13.7. The maximum absolute atomic E-state index is 12.1. The van der Waals surface area contributed by atoms with Crippen LogP contribution in [0.1, 0.15) is 39.2 Å². The van der Waals surface area contributed by atoms with Crippen molar-refractivity contribution in [2.75, 3.05) is 13.1 Å². The minimum Gasteiger partial charge on any atom is -0.444 e. The van der Waals surface area contributed by atoms with Crippen molar-refractivity contribution in [2.45, 2.75) is 45.6 Å². The monoisotopic (exact) mass is 303 g/mol. The van der Waals surface area contributed by atoms with Crippen LogP contribution in [0, 0.1) is 5.41 Å². The number of aryl methyl sites for hydroxylation is 1. The zero-order chi connectivity index (χ0) is 16.2. The number of carbonyl (C=O) groups excluding carboxylic acids is 2. The van der Waals surface area contributed by atoms with Crippen LogP contribution in [0.4, 0.5) is 4.79 Å². The number of hydrogen-bond acceptors (Lipinski definition) is 3. The fraction of sp³-hybridized carbons (Fsp3) is 0.556. The predicted molar refractivity (Wildman–Crippen MR) is 85.7 cm³/mol. The maximum atomic E-state index is 12.1. The van der Waals surface area contributed by atoms with Crippen molar-refractivity contribution in [2.24, 2.45) is 5.41 Å². The molecule has 0 radical (unpaired) electrons. The zero-order valence-corrected chi connectivity index (χ0v) is 13.7. The summed E-state index contributed by atoms with van der Waals surface area (Å²) in [6.07, 6.45) is 3.03. The lowest BCUT2D eigenvalue weighted by atomic mass is 9.83. The number of hydrogen-bond donors (Lipinski definition) is 0. The molecule has 1 fully saturated rings. The van der Waals surface area contributed by atoms with Crippen molar-refractivity contribution in [3.05, 3.63) is 35.9 Å². The summed E-state index contributed by atoms with van der Waals surface area (Å²) in [4.78, 5) is 25.4. The molecule has 1 heterocycles. The Bertz CT molecular complexity index is 521. The van der Waals surface area contributed by atoms with Crippen LogP contribution < -0.4 is 0 Å². The van der Waals surface area contributed by atoms with Gasteiger partial charge in [0.2, 0.25) is 0 Å². The lowest BCUT2D eigenvalue weighted by Gasteiger charge is -2.26. The number of amides is 1. The highest BCUT2D eigenvalue weighted by molar-refractivity contribution is 5.71. The first-order valence-corrected chi connectivity index (χ1v) is 7.82. The first-order valence-electron chi connectivity index (χ1n) is 7.82. The molecule has 1 aromatic carbocycles. The van der Waals surface area contributed by atoms with Crippen LogP contribution in [0.15, 0.2) is 30.3 Å². The summed E-state index contributed by atoms with van der Waals surface area (Å²) >= 11 is 0. The molecular weight excluding hydrogens is 278 g/mol. The van der Waals surface area contributed by atoms with Gasteiger partial charge in [-0.05, 0) is 45.6 Å². The predicted octanol–water partition coefficient (Wildman–Crippen LogP) is 3.45. The fourth-order valence-electron chi connectivity index (χ4n) is 2.78. The Balaban J connectivity index is 1.95. The maximum Gasteiger partial charge on any atom is 0.410 e. The van der Waals surface area contributed by atoms with Crippen LogP contribution >= 0.6 is 0 Å². The summed E-state index contributed by atoms with van der Waals surface area (Å²) in [5.41, 5.74) is 0.278. The third-order valence-electron chi connectivity index (χ3n) is 4.04. The molecule has 22 heavy (non-hydrogen) atoms. The third kappa shape index (κ3) is 4.33. The van der Waals surface area contributed by atoms with E-state index in [-0.39, 0.29) is 6.09 Å². The molecule has 1 aliphatic heterocycles. The molecule has 0 aliphatic carbocycles. The van der Waals surface area contributed by atoms with Gasteiger partial charge in [0.25, 0.3) is 0 Å². The second kappa shape index (κ2) is 6.51. The van der Waals surface area contributed by atoms with Crippen LogP contribution in [-0.4, -0.2) is 36.0 Å². The molecular formula is C18H25NO3. The Labute approximate surface area is 132 Å². The molecule has 1 amide bonds. The van der Waals surface area contributed by atoms with Gasteiger partial charge in [-0.1, -0.05) is 30.3 Å². The number of carbonyl (C=O) groups is 2. The van der Waals surface area contributed by atoms with Crippen LogP contribution in [0.2, 0.25) is 0 Å². The van der Waals surface area contributed by atoms with E-state index in [1.807, 2.05) is 39.0 Å². The molecule has 0 bridgehead atoms. The van der Waals surface area contributed by atoms with Gasteiger partial charge in [-0.25, -0.2) is 4.79 Å². The summed E-state index contributed by atoms with van der Waals surface area (Å²) in [7, 11) is 0. The van der Waals surface area contributed by atoms with Crippen molar-refractivity contribution < 1.29 is 14.3 Å². The smallest absolute Gasteiger partial charge is 0.410 e. The molecule has 1 saturated heterocycles. The summed E-state index contributed by atoms with van der Waals surface area (Å²) in [6.45, 7) is 6.59. The van der Waals surface area contributed by atoms with Gasteiger partial charge in [-0.15, -0.1) is 0 Å². The normalized spacial score (nSPS) is 21.7. The molecule has 4 heteroatoms. The van der Waals surface area contributed by atoms with E-state index in [0.717, 1.165) is 19.1 Å². The van der Waals surface area contributed by atoms with E-state index in [9.17, 15) is 9.59 Å². The van der Waals surface area contributed by atoms with Gasteiger partial charge >= 0.3 is 6.09 Å². The molecule has 120 valence electrons. The van der Waals surface area contributed by atoms with E-state index in [2.05, 4.69) is 12.1 Å². The molecule has 1 atom stereocenters. The SMILES string of the molecule is CC(C)(C)OC(=O)N1CCC(C=O)(CCc2ccccc2)C1. The largest absolute Gasteiger partial charge is 0.444 e. The van der Waals surface area contributed by atoms with E-state index >= 15 is 0 Å². The minimum absolute atomic E-state index is 0.323. The van der Waals surface area contributed by atoms with Crippen molar-refractivity contribution in [3.63, 3.8) is 0 Å². The summed E-state index contributed by atoms with van der Waals surface area (Å²) in [5.74, 6) is 0. The number of aldehydes is 1. The van der Waals surface area contributed by atoms with E-state index in [0.29, 0.717) is 19.5 Å². The highest BCUT2D eigenvalue weighted by Gasteiger charge is 2.40. The number of nitrogens with zero attached hydrogens (tertiary/aromatic N) is 1. The van der Waals surface area contributed by atoms with Crippen molar-refractivity contribution in [1.82, 2.24) is 4.90 Å². The first kappa shape index (κ1) is 16.5. The van der Waals surface area contributed by atoms with Gasteiger partial charge in [0.15, 0.2) is 0 Å².